The highest BCUT2D eigenvalue weighted by molar-refractivity contribution is 6.05. The van der Waals surface area contributed by atoms with Crippen molar-refractivity contribution in [1.82, 2.24) is 9.91 Å². The Bertz CT molecular complexity index is 1070. The summed E-state index contributed by atoms with van der Waals surface area (Å²) in [6.45, 7) is 2.93. The first-order chi connectivity index (χ1) is 17.0. The molecule has 0 N–H and O–H groups in total. The second-order valence-corrected chi connectivity index (χ2v) is 8.72. The van der Waals surface area contributed by atoms with E-state index in [0.29, 0.717) is 37.5 Å². The van der Waals surface area contributed by atoms with Crippen LogP contribution in [-0.2, 0) is 14.3 Å². The Labute approximate surface area is 206 Å². The van der Waals surface area contributed by atoms with Crippen molar-refractivity contribution >= 4 is 17.6 Å². The van der Waals surface area contributed by atoms with Gasteiger partial charge in [0.05, 0.1) is 39.1 Å². The summed E-state index contributed by atoms with van der Waals surface area (Å²) in [7, 11) is 3.22. The van der Waals surface area contributed by atoms with Crippen LogP contribution >= 0.6 is 0 Å². The molecule has 1 amide bonds. The first-order valence-electron chi connectivity index (χ1n) is 12.1. The summed E-state index contributed by atoms with van der Waals surface area (Å²) in [4.78, 5) is 28.1. The average molecular weight is 480 g/mol. The van der Waals surface area contributed by atoms with Crippen molar-refractivity contribution in [3.63, 3.8) is 0 Å². The SMILES string of the molecule is CCOC(=O)[C@@H]1CCCCN1CC(=O)N1N=C(c2ccc(OC)cc2OC)C[C@H]1c1ccccc1. The molecule has 2 heterocycles. The normalized spacial score (nSPS) is 20.3. The van der Waals surface area contributed by atoms with E-state index in [0.717, 1.165) is 29.7 Å². The van der Waals surface area contributed by atoms with E-state index in [9.17, 15) is 9.59 Å². The van der Waals surface area contributed by atoms with E-state index >= 15 is 0 Å². The fraction of sp³-hybridized carbons (Fsp3) is 0.444. The Hall–Kier alpha value is -3.39. The fourth-order valence-electron chi connectivity index (χ4n) is 4.81. The summed E-state index contributed by atoms with van der Waals surface area (Å²) in [6.07, 6.45) is 3.15. The summed E-state index contributed by atoms with van der Waals surface area (Å²) in [5.41, 5.74) is 2.60. The summed E-state index contributed by atoms with van der Waals surface area (Å²) < 4.78 is 16.2. The maximum absolute atomic E-state index is 13.6. The molecular formula is C27H33N3O5. The van der Waals surface area contributed by atoms with Crippen LogP contribution < -0.4 is 9.47 Å². The average Bonchev–Trinajstić information content (AvgIpc) is 3.35. The van der Waals surface area contributed by atoms with Gasteiger partial charge in [-0.15, -0.1) is 0 Å². The predicted molar refractivity (Wildman–Crippen MR) is 133 cm³/mol. The Morgan fingerprint density at radius 2 is 1.86 bits per heavy atom. The number of hydrazone groups is 1. The molecule has 8 nitrogen and oxygen atoms in total. The van der Waals surface area contributed by atoms with Gasteiger partial charge in [0, 0.05) is 18.1 Å². The summed E-state index contributed by atoms with van der Waals surface area (Å²) >= 11 is 0. The smallest absolute Gasteiger partial charge is 0.323 e. The van der Waals surface area contributed by atoms with Crippen LogP contribution in [0.1, 0.15) is 49.8 Å². The number of nitrogens with zero attached hydrogens (tertiary/aromatic N) is 3. The van der Waals surface area contributed by atoms with Gasteiger partial charge in [0.1, 0.15) is 17.5 Å². The van der Waals surface area contributed by atoms with Crippen molar-refractivity contribution in [2.75, 3.05) is 33.9 Å². The molecule has 0 radical (unpaired) electrons. The van der Waals surface area contributed by atoms with E-state index in [1.807, 2.05) is 53.4 Å². The lowest BCUT2D eigenvalue weighted by atomic mass is 9.97. The number of piperidine rings is 1. The zero-order valence-electron chi connectivity index (χ0n) is 20.6. The highest BCUT2D eigenvalue weighted by Gasteiger charge is 2.37. The Morgan fingerprint density at radius 3 is 2.57 bits per heavy atom. The van der Waals surface area contributed by atoms with E-state index in [2.05, 4.69) is 0 Å². The quantitative estimate of drug-likeness (QED) is 0.536. The minimum atomic E-state index is -0.393. The number of esters is 1. The lowest BCUT2D eigenvalue weighted by molar-refractivity contribution is -0.152. The minimum absolute atomic E-state index is 0.114. The van der Waals surface area contributed by atoms with Gasteiger partial charge in [0.2, 0.25) is 0 Å². The molecule has 35 heavy (non-hydrogen) atoms. The largest absolute Gasteiger partial charge is 0.497 e. The van der Waals surface area contributed by atoms with Gasteiger partial charge in [-0.1, -0.05) is 36.8 Å². The van der Waals surface area contributed by atoms with E-state index < -0.39 is 6.04 Å². The number of benzene rings is 2. The van der Waals surface area contributed by atoms with Gasteiger partial charge in [0.15, 0.2) is 0 Å². The molecule has 2 aromatic carbocycles. The van der Waals surface area contributed by atoms with Crippen LogP contribution in [0.3, 0.4) is 0 Å². The third kappa shape index (κ3) is 5.48. The second kappa shape index (κ2) is 11.4. The molecule has 0 aliphatic carbocycles. The molecule has 0 aromatic heterocycles. The van der Waals surface area contributed by atoms with Gasteiger partial charge in [-0.3, -0.25) is 14.5 Å². The molecule has 1 fully saturated rings. The van der Waals surface area contributed by atoms with Crippen LogP contribution in [0.5, 0.6) is 11.5 Å². The molecule has 0 spiro atoms. The molecule has 8 heteroatoms. The highest BCUT2D eigenvalue weighted by Crippen LogP contribution is 2.36. The zero-order chi connectivity index (χ0) is 24.8. The summed E-state index contributed by atoms with van der Waals surface area (Å²) in [5, 5.41) is 6.36. The Kier molecular flexibility index (Phi) is 8.02. The maximum Gasteiger partial charge on any atom is 0.323 e. The predicted octanol–water partition coefficient (Wildman–Crippen LogP) is 3.80. The van der Waals surface area contributed by atoms with Gasteiger partial charge in [-0.25, -0.2) is 5.01 Å². The van der Waals surface area contributed by atoms with Crippen molar-refractivity contribution in [1.29, 1.82) is 0 Å². The Morgan fingerprint density at radius 1 is 1.06 bits per heavy atom. The van der Waals surface area contributed by atoms with Crippen molar-refractivity contribution in [2.24, 2.45) is 5.10 Å². The number of rotatable bonds is 8. The molecule has 2 aliphatic heterocycles. The number of carbonyl (C=O) groups excluding carboxylic acids is 2. The topological polar surface area (TPSA) is 80.7 Å². The van der Waals surface area contributed by atoms with E-state index in [-0.39, 0.29) is 24.5 Å². The first kappa shape index (κ1) is 24.7. The lowest BCUT2D eigenvalue weighted by Gasteiger charge is -2.34. The number of hydrogen-bond donors (Lipinski definition) is 0. The number of carbonyl (C=O) groups is 2. The van der Waals surface area contributed by atoms with E-state index in [1.54, 1.807) is 26.2 Å². The first-order valence-corrected chi connectivity index (χ1v) is 12.1. The number of methoxy groups -OCH3 is 2. The summed E-state index contributed by atoms with van der Waals surface area (Å²) in [5.74, 6) is 0.931. The van der Waals surface area contributed by atoms with Crippen molar-refractivity contribution < 1.29 is 23.8 Å². The highest BCUT2D eigenvalue weighted by atomic mass is 16.5. The molecule has 186 valence electrons. The van der Waals surface area contributed by atoms with Gasteiger partial charge in [-0.05, 0) is 44.0 Å². The van der Waals surface area contributed by atoms with Crippen molar-refractivity contribution in [3.8, 4) is 11.5 Å². The van der Waals surface area contributed by atoms with Crippen LogP contribution in [0.2, 0.25) is 0 Å². The molecule has 1 saturated heterocycles. The van der Waals surface area contributed by atoms with Gasteiger partial charge >= 0.3 is 5.97 Å². The zero-order valence-corrected chi connectivity index (χ0v) is 20.6. The molecule has 2 aromatic rings. The van der Waals surface area contributed by atoms with Crippen LogP contribution in [-0.4, -0.2) is 67.5 Å². The van der Waals surface area contributed by atoms with Crippen LogP contribution in [0.15, 0.2) is 53.6 Å². The van der Waals surface area contributed by atoms with E-state index in [4.69, 9.17) is 19.3 Å². The molecule has 4 rings (SSSR count). The van der Waals surface area contributed by atoms with Crippen LogP contribution in [0.25, 0.3) is 0 Å². The molecule has 2 aliphatic rings. The fourth-order valence-corrected chi connectivity index (χ4v) is 4.81. The summed E-state index contributed by atoms with van der Waals surface area (Å²) in [6, 6.07) is 14.9. The van der Waals surface area contributed by atoms with Gasteiger partial charge < -0.3 is 14.2 Å². The number of hydrogen-bond acceptors (Lipinski definition) is 7. The number of likely N-dealkylation sites (tertiary alicyclic amines) is 1. The second-order valence-electron chi connectivity index (χ2n) is 8.72. The molecule has 2 atom stereocenters. The third-order valence-electron chi connectivity index (χ3n) is 6.58. The molecule has 0 bridgehead atoms. The molecule has 0 saturated carbocycles. The number of amides is 1. The standard InChI is InChI=1S/C27H33N3O5/c1-4-35-27(32)23-12-8-9-15-29(23)18-26(31)30-24(19-10-6-5-7-11-19)17-22(28-30)21-14-13-20(33-2)16-25(21)34-3/h5-7,10-11,13-14,16,23-24H,4,8-9,12,15,17-18H2,1-3H3/t23-,24-/m0/s1. The lowest BCUT2D eigenvalue weighted by Crippen LogP contribution is -2.49. The van der Waals surface area contributed by atoms with E-state index in [1.165, 1.54) is 0 Å². The monoisotopic (exact) mass is 479 g/mol. The van der Waals surface area contributed by atoms with Gasteiger partial charge in [0.25, 0.3) is 5.91 Å². The third-order valence-corrected chi connectivity index (χ3v) is 6.58. The molecular weight excluding hydrogens is 446 g/mol. The van der Waals surface area contributed by atoms with Crippen LogP contribution in [0.4, 0.5) is 0 Å². The minimum Gasteiger partial charge on any atom is -0.497 e. The van der Waals surface area contributed by atoms with Crippen molar-refractivity contribution in [3.05, 3.63) is 59.7 Å². The van der Waals surface area contributed by atoms with Crippen LogP contribution in [0, 0.1) is 0 Å². The number of ether oxygens (including phenoxy) is 3. The Balaban J connectivity index is 1.62. The molecule has 0 unspecified atom stereocenters. The van der Waals surface area contributed by atoms with Gasteiger partial charge in [-0.2, -0.15) is 5.10 Å². The maximum atomic E-state index is 13.6. The van der Waals surface area contributed by atoms with Crippen molar-refractivity contribution in [2.45, 2.75) is 44.7 Å².